The summed E-state index contributed by atoms with van der Waals surface area (Å²) < 4.78 is 0. The quantitative estimate of drug-likeness (QED) is 0.231. The van der Waals surface area contributed by atoms with Gasteiger partial charge in [0.1, 0.15) is 5.76 Å². The number of aromatic nitrogens is 2. The first-order valence-electron chi connectivity index (χ1n) is 10.1. The minimum Gasteiger partial charge on any atom is -0.507 e. The van der Waals surface area contributed by atoms with Gasteiger partial charge in [-0.2, -0.15) is 0 Å². The largest absolute Gasteiger partial charge is 0.507 e. The molecule has 164 valence electrons. The molecule has 5 rings (SSSR count). The van der Waals surface area contributed by atoms with E-state index in [-0.39, 0.29) is 22.9 Å². The number of hydrogen-bond acceptors (Lipinski definition) is 4. The van der Waals surface area contributed by atoms with E-state index in [1.54, 1.807) is 30.7 Å². The van der Waals surface area contributed by atoms with Crippen LogP contribution in [-0.4, -0.2) is 31.7 Å². The van der Waals surface area contributed by atoms with Gasteiger partial charge in [-0.3, -0.25) is 14.6 Å². The summed E-state index contributed by atoms with van der Waals surface area (Å²) in [7, 11) is 0. The Labute approximate surface area is 199 Å². The fourth-order valence-electron chi connectivity index (χ4n) is 4.17. The summed E-state index contributed by atoms with van der Waals surface area (Å²) in [5.74, 6) is -1.77. The van der Waals surface area contributed by atoms with E-state index in [1.165, 1.54) is 17.0 Å². The number of halogens is 2. The van der Waals surface area contributed by atoms with E-state index in [1.807, 2.05) is 30.3 Å². The first-order valence-corrected chi connectivity index (χ1v) is 10.9. The number of nitrogens with one attached hydrogen (secondary N) is 1. The number of aromatic amines is 1. The number of hydrogen-bond donors (Lipinski definition) is 2. The molecule has 0 spiro atoms. The number of para-hydroxylation sites is 1. The zero-order valence-corrected chi connectivity index (χ0v) is 18.6. The van der Waals surface area contributed by atoms with Crippen LogP contribution in [-0.2, 0) is 16.1 Å². The summed E-state index contributed by atoms with van der Waals surface area (Å²) in [6, 6.07) is 14.9. The van der Waals surface area contributed by atoms with Crippen molar-refractivity contribution in [3.05, 3.63) is 105 Å². The molecule has 2 aromatic carbocycles. The van der Waals surface area contributed by atoms with Crippen LogP contribution in [0.2, 0.25) is 10.0 Å². The first kappa shape index (κ1) is 21.2. The van der Waals surface area contributed by atoms with Gasteiger partial charge in [-0.15, -0.1) is 0 Å². The number of likely N-dealkylation sites (tertiary alicyclic amines) is 1. The van der Waals surface area contributed by atoms with Crippen molar-refractivity contribution in [1.82, 2.24) is 14.9 Å². The highest BCUT2D eigenvalue weighted by Gasteiger charge is 2.46. The zero-order valence-electron chi connectivity index (χ0n) is 17.1. The number of aliphatic hydroxyl groups excluding tert-OH is 1. The Morgan fingerprint density at radius 3 is 2.64 bits per heavy atom. The molecule has 1 aliphatic heterocycles. The summed E-state index contributed by atoms with van der Waals surface area (Å²) in [6.07, 6.45) is 5.04. The smallest absolute Gasteiger partial charge is 0.295 e. The average molecular weight is 478 g/mol. The fourth-order valence-corrected chi connectivity index (χ4v) is 4.47. The molecule has 1 fully saturated rings. The van der Waals surface area contributed by atoms with Crippen LogP contribution in [0.4, 0.5) is 0 Å². The van der Waals surface area contributed by atoms with Crippen molar-refractivity contribution in [1.29, 1.82) is 0 Å². The molecule has 1 unspecified atom stereocenters. The molecule has 3 heterocycles. The maximum absolute atomic E-state index is 13.2. The zero-order chi connectivity index (χ0) is 23.1. The van der Waals surface area contributed by atoms with Crippen LogP contribution in [0.15, 0.2) is 78.8 Å². The number of aliphatic hydroxyl groups is 1. The van der Waals surface area contributed by atoms with Gasteiger partial charge in [0.2, 0.25) is 0 Å². The number of benzene rings is 2. The molecule has 2 N–H and O–H groups in total. The second-order valence-electron chi connectivity index (χ2n) is 7.71. The van der Waals surface area contributed by atoms with E-state index in [0.717, 1.165) is 16.5 Å². The molecule has 1 saturated heterocycles. The Hall–Kier alpha value is -3.61. The highest BCUT2D eigenvalue weighted by Crippen LogP contribution is 2.43. The molecule has 6 nitrogen and oxygen atoms in total. The van der Waals surface area contributed by atoms with Gasteiger partial charge < -0.3 is 15.0 Å². The van der Waals surface area contributed by atoms with E-state index < -0.39 is 17.7 Å². The molecule has 0 saturated carbocycles. The molecular formula is C25H17Cl2N3O3. The van der Waals surface area contributed by atoms with Crippen LogP contribution in [0, 0.1) is 0 Å². The van der Waals surface area contributed by atoms with E-state index in [2.05, 4.69) is 9.97 Å². The van der Waals surface area contributed by atoms with Crippen LogP contribution in [0.3, 0.4) is 0 Å². The molecule has 0 radical (unpaired) electrons. The van der Waals surface area contributed by atoms with Gasteiger partial charge >= 0.3 is 0 Å². The minimum atomic E-state index is -0.809. The Balaban J connectivity index is 1.72. The predicted molar refractivity (Wildman–Crippen MR) is 127 cm³/mol. The Bertz CT molecular complexity index is 1430. The third-order valence-electron chi connectivity index (χ3n) is 5.72. The molecule has 33 heavy (non-hydrogen) atoms. The Kier molecular flexibility index (Phi) is 5.40. The molecule has 0 bridgehead atoms. The molecule has 4 aromatic rings. The van der Waals surface area contributed by atoms with E-state index >= 15 is 0 Å². The maximum atomic E-state index is 13.2. The molecule has 1 aliphatic rings. The summed E-state index contributed by atoms with van der Waals surface area (Å²) in [5.41, 5.74) is 2.61. The molecular weight excluding hydrogens is 461 g/mol. The first-order chi connectivity index (χ1) is 16.0. The van der Waals surface area contributed by atoms with Gasteiger partial charge in [0, 0.05) is 47.2 Å². The van der Waals surface area contributed by atoms with Crippen molar-refractivity contribution in [2.24, 2.45) is 0 Å². The number of ketones is 1. The van der Waals surface area contributed by atoms with Crippen molar-refractivity contribution >= 4 is 51.6 Å². The second kappa shape index (κ2) is 8.39. The lowest BCUT2D eigenvalue weighted by Crippen LogP contribution is -2.29. The number of nitrogens with zero attached hydrogens (tertiary/aromatic N) is 2. The van der Waals surface area contributed by atoms with Crippen molar-refractivity contribution in [3.8, 4) is 0 Å². The van der Waals surface area contributed by atoms with Gasteiger partial charge in [0.25, 0.3) is 11.7 Å². The van der Waals surface area contributed by atoms with Crippen LogP contribution >= 0.6 is 23.2 Å². The topological polar surface area (TPSA) is 86.3 Å². The number of carbonyl (C=O) groups is 2. The van der Waals surface area contributed by atoms with Crippen molar-refractivity contribution < 1.29 is 14.7 Å². The number of pyridine rings is 1. The van der Waals surface area contributed by atoms with Crippen LogP contribution < -0.4 is 0 Å². The number of carbonyl (C=O) groups excluding carboxylic acids is 2. The van der Waals surface area contributed by atoms with E-state index in [4.69, 9.17) is 23.2 Å². The van der Waals surface area contributed by atoms with Gasteiger partial charge in [-0.05, 0) is 35.9 Å². The third-order valence-corrected chi connectivity index (χ3v) is 6.46. The Morgan fingerprint density at radius 2 is 1.88 bits per heavy atom. The summed E-state index contributed by atoms with van der Waals surface area (Å²) in [6.45, 7) is 0.154. The van der Waals surface area contributed by atoms with Crippen LogP contribution in [0.25, 0.3) is 16.7 Å². The number of H-pyrrole nitrogens is 1. The summed E-state index contributed by atoms with van der Waals surface area (Å²) in [5, 5.41) is 12.6. The average Bonchev–Trinajstić information content (AvgIpc) is 3.35. The molecule has 1 atom stereocenters. The maximum Gasteiger partial charge on any atom is 0.295 e. The second-order valence-corrected chi connectivity index (χ2v) is 8.52. The lowest BCUT2D eigenvalue weighted by Gasteiger charge is -2.25. The monoisotopic (exact) mass is 477 g/mol. The van der Waals surface area contributed by atoms with E-state index in [9.17, 15) is 14.7 Å². The normalized spacial score (nSPS) is 17.8. The summed E-state index contributed by atoms with van der Waals surface area (Å²) in [4.78, 5) is 35.1. The van der Waals surface area contributed by atoms with E-state index in [0.29, 0.717) is 16.1 Å². The molecule has 0 aliphatic carbocycles. The number of rotatable bonds is 4. The van der Waals surface area contributed by atoms with Crippen molar-refractivity contribution in [2.45, 2.75) is 12.6 Å². The molecule has 1 amide bonds. The minimum absolute atomic E-state index is 0.00738. The fraction of sp³-hybridized carbons (Fsp3) is 0.0800. The van der Waals surface area contributed by atoms with Gasteiger partial charge in [-0.1, -0.05) is 47.5 Å². The van der Waals surface area contributed by atoms with Gasteiger partial charge in [-0.25, -0.2) is 0 Å². The van der Waals surface area contributed by atoms with Crippen LogP contribution in [0.5, 0.6) is 0 Å². The van der Waals surface area contributed by atoms with Crippen molar-refractivity contribution in [3.63, 3.8) is 0 Å². The molecule has 2 aromatic heterocycles. The molecule has 8 heteroatoms. The predicted octanol–water partition coefficient (Wildman–Crippen LogP) is 5.49. The lowest BCUT2D eigenvalue weighted by atomic mass is 9.95. The van der Waals surface area contributed by atoms with Crippen molar-refractivity contribution in [2.75, 3.05) is 0 Å². The third kappa shape index (κ3) is 3.67. The van der Waals surface area contributed by atoms with Crippen LogP contribution in [0.1, 0.15) is 22.7 Å². The van der Waals surface area contributed by atoms with Gasteiger partial charge in [0.05, 0.1) is 21.7 Å². The highest BCUT2D eigenvalue weighted by molar-refractivity contribution is 6.47. The number of Topliss-reactive ketones (excluding diaryl/α,β-unsaturated/α-hetero) is 1. The standard InChI is InChI=1S/C25H17Cl2N3O3/c26-18-8-7-15(10-19(18)27)23(31)21-22(17-12-29-20-6-2-1-5-16(17)20)30(25(33)24(21)32)13-14-4-3-9-28-11-14/h1-12,22,29,31H,13H2/b23-21+. The highest BCUT2D eigenvalue weighted by atomic mass is 35.5. The number of amides is 1. The summed E-state index contributed by atoms with van der Waals surface area (Å²) >= 11 is 12.2. The number of fused-ring (bicyclic) bond motifs is 1. The SMILES string of the molecule is O=C1C(=O)N(Cc2cccnc2)C(c2c[nH]c3ccccc23)/C1=C(\O)c1ccc(Cl)c(Cl)c1. The van der Waals surface area contributed by atoms with Gasteiger partial charge in [0.15, 0.2) is 0 Å². The lowest BCUT2D eigenvalue weighted by molar-refractivity contribution is -0.140. The Morgan fingerprint density at radius 1 is 1.06 bits per heavy atom.